The van der Waals surface area contributed by atoms with Crippen molar-refractivity contribution in [1.29, 1.82) is 0 Å². The van der Waals surface area contributed by atoms with Crippen LogP contribution in [0.3, 0.4) is 0 Å². The molecular formula is C6H14N2O2. The van der Waals surface area contributed by atoms with E-state index in [2.05, 4.69) is 9.74 Å². The van der Waals surface area contributed by atoms with Gasteiger partial charge in [-0.2, -0.15) is 0 Å². The van der Waals surface area contributed by atoms with Crippen molar-refractivity contribution in [3.05, 3.63) is 0 Å². The van der Waals surface area contributed by atoms with Crippen LogP contribution in [0.1, 0.15) is 0 Å². The number of hydrogen-bond acceptors (Lipinski definition) is 4. The van der Waals surface area contributed by atoms with Crippen molar-refractivity contribution in [1.82, 2.24) is 4.90 Å². The fourth-order valence-corrected chi connectivity index (χ4v) is 1.02. The van der Waals surface area contributed by atoms with E-state index in [-0.39, 0.29) is 0 Å². The number of rotatable bonds is 2. The molecule has 1 heterocycles. The van der Waals surface area contributed by atoms with Gasteiger partial charge in [-0.15, -0.1) is 0 Å². The highest BCUT2D eigenvalue weighted by atomic mass is 16.6. The Bertz CT molecular complexity index is 97.7. The second-order valence-electron chi connectivity index (χ2n) is 2.54. The molecule has 60 valence electrons. The fraction of sp³-hybridized carbons (Fsp3) is 1.00. The molecule has 0 unspecified atom stereocenters. The van der Waals surface area contributed by atoms with Crippen molar-refractivity contribution in [2.75, 3.05) is 33.4 Å². The number of morpholine rings is 1. The minimum atomic E-state index is 0.332. The molecule has 1 atom stereocenters. The average molecular weight is 146 g/mol. The number of ether oxygens (including phenoxy) is 1. The van der Waals surface area contributed by atoms with E-state index in [0.717, 1.165) is 19.8 Å². The molecule has 1 fully saturated rings. The third-order valence-electron chi connectivity index (χ3n) is 1.81. The number of nitrogens with two attached hydrogens (primary N) is 1. The largest absolute Gasteiger partial charge is 0.378 e. The lowest BCUT2D eigenvalue weighted by Crippen LogP contribution is -2.45. The van der Waals surface area contributed by atoms with Gasteiger partial charge in [-0.1, -0.05) is 0 Å². The van der Waals surface area contributed by atoms with Gasteiger partial charge in [0.2, 0.25) is 0 Å². The first kappa shape index (κ1) is 7.94. The first-order chi connectivity index (χ1) is 4.84. The summed E-state index contributed by atoms with van der Waals surface area (Å²) < 4.78 is 5.23. The van der Waals surface area contributed by atoms with Gasteiger partial charge in [0, 0.05) is 6.54 Å². The summed E-state index contributed by atoms with van der Waals surface area (Å²) in [5, 5.41) is 0. The van der Waals surface area contributed by atoms with E-state index in [9.17, 15) is 0 Å². The van der Waals surface area contributed by atoms with Gasteiger partial charge in [-0.05, 0) is 7.05 Å². The third kappa shape index (κ3) is 1.91. The molecule has 10 heavy (non-hydrogen) atoms. The number of nitrogens with zero attached hydrogens (tertiary/aromatic N) is 1. The van der Waals surface area contributed by atoms with E-state index in [1.807, 2.05) is 7.05 Å². The van der Waals surface area contributed by atoms with Gasteiger partial charge in [-0.25, -0.2) is 5.90 Å². The van der Waals surface area contributed by atoms with Crippen LogP contribution in [0.15, 0.2) is 0 Å². The summed E-state index contributed by atoms with van der Waals surface area (Å²) in [6.45, 7) is 3.07. The Morgan fingerprint density at radius 1 is 1.80 bits per heavy atom. The highest BCUT2D eigenvalue weighted by Crippen LogP contribution is 2.02. The van der Waals surface area contributed by atoms with Crippen molar-refractivity contribution in [3.63, 3.8) is 0 Å². The Morgan fingerprint density at radius 3 is 3.20 bits per heavy atom. The molecule has 0 spiro atoms. The minimum absolute atomic E-state index is 0.332. The molecule has 4 heteroatoms. The summed E-state index contributed by atoms with van der Waals surface area (Å²) in [5.74, 6) is 4.94. The molecule has 2 N–H and O–H groups in total. The van der Waals surface area contributed by atoms with Crippen LogP contribution in [0.5, 0.6) is 0 Å². The van der Waals surface area contributed by atoms with Crippen LogP contribution >= 0.6 is 0 Å². The lowest BCUT2D eigenvalue weighted by atomic mass is 10.2. The standard InChI is InChI=1S/C6H14N2O2/c1-8-2-3-9-4-6(8)5-10-7/h6H,2-5,7H2,1H3/t6-/m1/s1. The lowest BCUT2D eigenvalue weighted by molar-refractivity contribution is -0.0325. The average Bonchev–Trinajstić information content (AvgIpc) is 1.94. The fourth-order valence-electron chi connectivity index (χ4n) is 1.02. The van der Waals surface area contributed by atoms with Crippen molar-refractivity contribution in [3.8, 4) is 0 Å². The second kappa shape index (κ2) is 3.88. The molecule has 1 saturated heterocycles. The number of likely N-dealkylation sites (N-methyl/N-ethyl adjacent to an activating group) is 1. The quantitative estimate of drug-likeness (QED) is 0.518. The maximum Gasteiger partial charge on any atom is 0.0857 e. The van der Waals surface area contributed by atoms with Gasteiger partial charge < -0.3 is 9.57 Å². The molecule has 0 aromatic rings. The normalized spacial score (nSPS) is 28.8. The predicted molar refractivity (Wildman–Crippen MR) is 37.4 cm³/mol. The van der Waals surface area contributed by atoms with Crippen LogP contribution in [-0.4, -0.2) is 44.4 Å². The van der Waals surface area contributed by atoms with E-state index < -0.39 is 0 Å². The van der Waals surface area contributed by atoms with Crippen LogP contribution in [-0.2, 0) is 9.57 Å². The van der Waals surface area contributed by atoms with Crippen LogP contribution in [0.25, 0.3) is 0 Å². The summed E-state index contributed by atoms with van der Waals surface area (Å²) >= 11 is 0. The molecule has 0 aromatic carbocycles. The van der Waals surface area contributed by atoms with Crippen molar-refractivity contribution in [2.45, 2.75) is 6.04 Å². The Balaban J connectivity index is 2.25. The van der Waals surface area contributed by atoms with E-state index in [4.69, 9.17) is 10.6 Å². The molecule has 1 rings (SSSR count). The van der Waals surface area contributed by atoms with Crippen LogP contribution < -0.4 is 5.90 Å². The Morgan fingerprint density at radius 2 is 2.60 bits per heavy atom. The first-order valence-corrected chi connectivity index (χ1v) is 3.44. The summed E-state index contributed by atoms with van der Waals surface area (Å²) in [4.78, 5) is 6.72. The van der Waals surface area contributed by atoms with Crippen LogP contribution in [0, 0.1) is 0 Å². The smallest absolute Gasteiger partial charge is 0.0857 e. The Kier molecular flexibility index (Phi) is 3.08. The Hall–Kier alpha value is -0.160. The maximum atomic E-state index is 5.23. The molecule has 0 amide bonds. The van der Waals surface area contributed by atoms with E-state index >= 15 is 0 Å². The minimum Gasteiger partial charge on any atom is -0.378 e. The SMILES string of the molecule is CN1CCOC[C@@H]1CON. The lowest BCUT2D eigenvalue weighted by Gasteiger charge is -2.31. The summed E-state index contributed by atoms with van der Waals surface area (Å²) in [6.07, 6.45) is 0. The summed E-state index contributed by atoms with van der Waals surface area (Å²) in [5.41, 5.74) is 0. The van der Waals surface area contributed by atoms with Gasteiger partial charge in [0.1, 0.15) is 0 Å². The van der Waals surface area contributed by atoms with E-state index in [1.54, 1.807) is 0 Å². The van der Waals surface area contributed by atoms with Crippen molar-refractivity contribution >= 4 is 0 Å². The van der Waals surface area contributed by atoms with Crippen molar-refractivity contribution in [2.24, 2.45) is 5.90 Å². The highest BCUT2D eigenvalue weighted by Gasteiger charge is 2.18. The predicted octanol–water partition coefficient (Wildman–Crippen LogP) is -0.793. The molecule has 1 aliphatic heterocycles. The summed E-state index contributed by atoms with van der Waals surface area (Å²) in [6, 6.07) is 0.332. The Labute approximate surface area is 60.8 Å². The highest BCUT2D eigenvalue weighted by molar-refractivity contribution is 4.70. The maximum absolute atomic E-state index is 5.23. The topological polar surface area (TPSA) is 47.7 Å². The molecule has 0 saturated carbocycles. The van der Waals surface area contributed by atoms with Gasteiger partial charge in [0.05, 0.1) is 25.9 Å². The van der Waals surface area contributed by atoms with Gasteiger partial charge in [0.15, 0.2) is 0 Å². The van der Waals surface area contributed by atoms with Crippen LogP contribution in [0.2, 0.25) is 0 Å². The van der Waals surface area contributed by atoms with Crippen molar-refractivity contribution < 1.29 is 9.57 Å². The van der Waals surface area contributed by atoms with Crippen LogP contribution in [0.4, 0.5) is 0 Å². The first-order valence-electron chi connectivity index (χ1n) is 3.44. The zero-order valence-corrected chi connectivity index (χ0v) is 6.25. The monoisotopic (exact) mass is 146 g/mol. The molecule has 0 aromatic heterocycles. The second-order valence-corrected chi connectivity index (χ2v) is 2.54. The van der Waals surface area contributed by atoms with Gasteiger partial charge in [-0.3, -0.25) is 4.90 Å². The molecule has 4 nitrogen and oxygen atoms in total. The van der Waals surface area contributed by atoms with E-state index in [0.29, 0.717) is 12.6 Å². The van der Waals surface area contributed by atoms with E-state index in [1.165, 1.54) is 0 Å². The molecular weight excluding hydrogens is 132 g/mol. The zero-order valence-electron chi connectivity index (χ0n) is 6.25. The molecule has 0 bridgehead atoms. The third-order valence-corrected chi connectivity index (χ3v) is 1.81. The summed E-state index contributed by atoms with van der Waals surface area (Å²) in [7, 11) is 2.05. The van der Waals surface area contributed by atoms with Gasteiger partial charge >= 0.3 is 0 Å². The number of hydrogen-bond donors (Lipinski definition) is 1. The molecule has 0 radical (unpaired) electrons. The van der Waals surface area contributed by atoms with Gasteiger partial charge in [0.25, 0.3) is 0 Å². The molecule has 0 aliphatic carbocycles. The zero-order chi connectivity index (χ0) is 7.40. The molecule has 1 aliphatic rings.